The zero-order chi connectivity index (χ0) is 10.9. The van der Waals surface area contributed by atoms with Gasteiger partial charge in [0.2, 0.25) is 0 Å². The van der Waals surface area contributed by atoms with Crippen LogP contribution < -0.4 is 0 Å². The molecule has 78 valence electrons. The Morgan fingerprint density at radius 3 is 1.77 bits per heavy atom. The van der Waals surface area contributed by atoms with Gasteiger partial charge < -0.3 is 0 Å². The molecule has 0 saturated carbocycles. The maximum Gasteiger partial charge on any atom is 0.0238 e. The van der Waals surface area contributed by atoms with Crippen LogP contribution in [0, 0.1) is 5.41 Å². The van der Waals surface area contributed by atoms with Crippen LogP contribution >= 0.6 is 0 Å². The van der Waals surface area contributed by atoms with Gasteiger partial charge >= 0.3 is 0 Å². The van der Waals surface area contributed by atoms with Gasteiger partial charge in [-0.2, -0.15) is 0 Å². The van der Waals surface area contributed by atoms with E-state index in [0.717, 1.165) is 0 Å². The monoisotopic (exact) mass is 183 g/mol. The Labute approximate surface area is 83.8 Å². The molecule has 0 unspecified atom stereocenters. The molecule has 0 rings (SSSR count). The zero-order valence-corrected chi connectivity index (χ0v) is 10.3. The third-order valence-corrected chi connectivity index (χ3v) is 3.74. The van der Waals surface area contributed by atoms with E-state index in [4.69, 9.17) is 0 Å². The molecule has 0 aromatic heterocycles. The lowest BCUT2D eigenvalue weighted by Crippen LogP contribution is -2.53. The zero-order valence-electron chi connectivity index (χ0n) is 10.3. The van der Waals surface area contributed by atoms with Crippen molar-refractivity contribution in [2.45, 2.75) is 53.1 Å². The molecule has 0 aliphatic rings. The fourth-order valence-electron chi connectivity index (χ4n) is 1.35. The highest BCUT2D eigenvalue weighted by atomic mass is 15.2. The Hall–Kier alpha value is -0.300. The Morgan fingerprint density at radius 1 is 1.15 bits per heavy atom. The van der Waals surface area contributed by atoms with E-state index >= 15 is 0 Å². The SMILES string of the molecule is C=CC(C)(C)C(C)(C)N(C)C(C)C. The molecule has 0 aromatic carbocycles. The summed E-state index contributed by atoms with van der Waals surface area (Å²) < 4.78 is 0. The minimum atomic E-state index is 0.131. The largest absolute Gasteiger partial charge is 0.298 e. The summed E-state index contributed by atoms with van der Waals surface area (Å²) in [6, 6.07) is 0.564. The van der Waals surface area contributed by atoms with Gasteiger partial charge in [0.25, 0.3) is 0 Å². The van der Waals surface area contributed by atoms with Crippen molar-refractivity contribution in [2.24, 2.45) is 5.41 Å². The van der Waals surface area contributed by atoms with Gasteiger partial charge in [-0.1, -0.05) is 19.9 Å². The fraction of sp³-hybridized carbons (Fsp3) is 0.833. The standard InChI is InChI=1S/C12H25N/c1-9-11(4,5)12(6,7)13(8)10(2)3/h9-10H,1H2,2-8H3. The van der Waals surface area contributed by atoms with Gasteiger partial charge in [0.05, 0.1) is 0 Å². The van der Waals surface area contributed by atoms with Crippen LogP contribution in [-0.2, 0) is 0 Å². The van der Waals surface area contributed by atoms with Crippen LogP contribution in [0.4, 0.5) is 0 Å². The van der Waals surface area contributed by atoms with E-state index in [1.54, 1.807) is 0 Å². The number of hydrogen-bond donors (Lipinski definition) is 0. The van der Waals surface area contributed by atoms with E-state index in [9.17, 15) is 0 Å². The Morgan fingerprint density at radius 2 is 1.54 bits per heavy atom. The van der Waals surface area contributed by atoms with Crippen molar-refractivity contribution in [2.75, 3.05) is 7.05 Å². The molecule has 0 bridgehead atoms. The highest BCUT2D eigenvalue weighted by Crippen LogP contribution is 2.36. The normalized spacial score (nSPS) is 13.9. The summed E-state index contributed by atoms with van der Waals surface area (Å²) >= 11 is 0. The maximum atomic E-state index is 3.91. The van der Waals surface area contributed by atoms with Gasteiger partial charge in [-0.15, -0.1) is 6.58 Å². The molecule has 0 spiro atoms. The first kappa shape index (κ1) is 12.7. The first-order chi connectivity index (χ1) is 5.66. The van der Waals surface area contributed by atoms with Crippen LogP contribution in [0.3, 0.4) is 0 Å². The van der Waals surface area contributed by atoms with Crippen molar-refractivity contribution < 1.29 is 0 Å². The molecule has 0 N–H and O–H groups in total. The van der Waals surface area contributed by atoms with Crippen molar-refractivity contribution in [3.8, 4) is 0 Å². The molecular formula is C12H25N. The van der Waals surface area contributed by atoms with Crippen LogP contribution in [0.1, 0.15) is 41.5 Å². The van der Waals surface area contributed by atoms with Gasteiger partial charge in [-0.3, -0.25) is 4.90 Å². The predicted octanol–water partition coefficient (Wildman–Crippen LogP) is 3.32. The summed E-state index contributed by atoms with van der Waals surface area (Å²) in [6.07, 6.45) is 2.05. The Kier molecular flexibility index (Phi) is 3.74. The second-order valence-electron chi connectivity index (χ2n) is 5.19. The molecule has 0 heterocycles. The van der Waals surface area contributed by atoms with E-state index in [-0.39, 0.29) is 11.0 Å². The average Bonchev–Trinajstić information content (AvgIpc) is 2.02. The molecule has 0 atom stereocenters. The van der Waals surface area contributed by atoms with E-state index in [1.807, 2.05) is 6.08 Å². The molecule has 0 radical (unpaired) electrons. The van der Waals surface area contributed by atoms with Crippen LogP contribution in [0.15, 0.2) is 12.7 Å². The molecule has 1 heteroatoms. The molecule has 0 aliphatic carbocycles. The number of rotatable bonds is 4. The Bertz CT molecular complexity index is 178. The minimum absolute atomic E-state index is 0.131. The Balaban J connectivity index is 4.84. The third kappa shape index (κ3) is 2.34. The van der Waals surface area contributed by atoms with E-state index < -0.39 is 0 Å². The number of nitrogens with zero attached hydrogens (tertiary/aromatic N) is 1. The lowest BCUT2D eigenvalue weighted by molar-refractivity contribution is 0.0376. The minimum Gasteiger partial charge on any atom is -0.298 e. The first-order valence-electron chi connectivity index (χ1n) is 5.03. The highest BCUT2D eigenvalue weighted by Gasteiger charge is 2.38. The average molecular weight is 183 g/mol. The second-order valence-corrected chi connectivity index (χ2v) is 5.19. The maximum absolute atomic E-state index is 3.91. The molecule has 0 aliphatic heterocycles. The molecule has 0 saturated heterocycles. The lowest BCUT2D eigenvalue weighted by atomic mass is 9.73. The summed E-state index contributed by atoms with van der Waals surface area (Å²) in [6.45, 7) is 17.4. The summed E-state index contributed by atoms with van der Waals surface area (Å²) in [5.41, 5.74) is 0.273. The predicted molar refractivity (Wildman–Crippen MR) is 61.0 cm³/mol. The van der Waals surface area contributed by atoms with Crippen molar-refractivity contribution in [3.05, 3.63) is 12.7 Å². The quantitative estimate of drug-likeness (QED) is 0.604. The van der Waals surface area contributed by atoms with Crippen molar-refractivity contribution in [1.82, 2.24) is 4.90 Å². The molecule has 13 heavy (non-hydrogen) atoms. The van der Waals surface area contributed by atoms with Gasteiger partial charge in [0, 0.05) is 17.0 Å². The first-order valence-corrected chi connectivity index (χ1v) is 5.03. The van der Waals surface area contributed by atoms with Crippen molar-refractivity contribution in [3.63, 3.8) is 0 Å². The fourth-order valence-corrected chi connectivity index (χ4v) is 1.35. The van der Waals surface area contributed by atoms with E-state index in [0.29, 0.717) is 6.04 Å². The van der Waals surface area contributed by atoms with Crippen molar-refractivity contribution in [1.29, 1.82) is 0 Å². The summed E-state index contributed by atoms with van der Waals surface area (Å²) in [5.74, 6) is 0. The molecular weight excluding hydrogens is 158 g/mol. The van der Waals surface area contributed by atoms with Gasteiger partial charge in [-0.05, 0) is 34.7 Å². The van der Waals surface area contributed by atoms with E-state index in [2.05, 4.69) is 60.1 Å². The van der Waals surface area contributed by atoms with Gasteiger partial charge in [0.1, 0.15) is 0 Å². The molecule has 0 fully saturated rings. The van der Waals surface area contributed by atoms with Crippen LogP contribution in [-0.4, -0.2) is 23.5 Å². The highest BCUT2D eigenvalue weighted by molar-refractivity contribution is 5.04. The summed E-state index contributed by atoms with van der Waals surface area (Å²) in [7, 11) is 2.18. The van der Waals surface area contributed by atoms with Crippen LogP contribution in [0.5, 0.6) is 0 Å². The molecule has 0 aromatic rings. The lowest BCUT2D eigenvalue weighted by Gasteiger charge is -2.48. The van der Waals surface area contributed by atoms with Gasteiger partial charge in [0.15, 0.2) is 0 Å². The summed E-state index contributed by atoms with van der Waals surface area (Å²) in [5, 5.41) is 0. The van der Waals surface area contributed by atoms with Crippen LogP contribution in [0.2, 0.25) is 0 Å². The molecule has 1 nitrogen and oxygen atoms in total. The van der Waals surface area contributed by atoms with E-state index in [1.165, 1.54) is 0 Å². The molecule has 0 amide bonds. The van der Waals surface area contributed by atoms with Gasteiger partial charge in [-0.25, -0.2) is 0 Å². The smallest absolute Gasteiger partial charge is 0.0238 e. The second kappa shape index (κ2) is 3.83. The van der Waals surface area contributed by atoms with Crippen molar-refractivity contribution >= 4 is 0 Å². The number of hydrogen-bond acceptors (Lipinski definition) is 1. The third-order valence-electron chi connectivity index (χ3n) is 3.74. The summed E-state index contributed by atoms with van der Waals surface area (Å²) in [4.78, 5) is 2.40. The van der Waals surface area contributed by atoms with Crippen LogP contribution in [0.25, 0.3) is 0 Å². The topological polar surface area (TPSA) is 3.24 Å².